The lowest BCUT2D eigenvalue weighted by atomic mass is 9.68. The average Bonchev–Trinajstić information content (AvgIpc) is 3.70. The molecule has 2 aliphatic heterocycles. The van der Waals surface area contributed by atoms with Gasteiger partial charge in [-0.25, -0.2) is 13.6 Å². The summed E-state index contributed by atoms with van der Waals surface area (Å²) in [6.07, 6.45) is 0.692. The number of phenolic OH excluding ortho intramolecular Hbond substituents is 1. The van der Waals surface area contributed by atoms with Crippen molar-refractivity contribution in [2.45, 2.75) is 34.4 Å². The number of sulfonamides is 1. The van der Waals surface area contributed by atoms with E-state index in [1.807, 2.05) is 13.0 Å². The van der Waals surface area contributed by atoms with Crippen LogP contribution in [0.25, 0.3) is 0 Å². The van der Waals surface area contributed by atoms with E-state index in [9.17, 15) is 32.7 Å². The number of rotatable bonds is 7. The summed E-state index contributed by atoms with van der Waals surface area (Å²) in [5.74, 6) is -2.63. The SMILES string of the molecule is CCOc1cc(C2c3sc(=O)[nH]c3SC3C4CC(C5C(=O)N(CC(=O)Nc6ccc(S(N)(=O)=O)cc6)C(=O)C45)C23)ccc1O. The molecule has 7 rings (SSSR count). The lowest BCUT2D eigenvalue weighted by Crippen LogP contribution is -2.42. The summed E-state index contributed by atoms with van der Waals surface area (Å²) in [4.78, 5) is 57.5. The molecule has 3 aromatic rings. The number of ether oxygens (including phenoxy) is 1. The number of H-pyrrole nitrogens is 1. The van der Waals surface area contributed by atoms with Gasteiger partial charge in [-0.3, -0.25) is 24.1 Å². The largest absolute Gasteiger partial charge is 0.504 e. The first-order valence-corrected chi connectivity index (χ1v) is 17.3. The van der Waals surface area contributed by atoms with E-state index in [0.717, 1.165) is 31.7 Å². The highest BCUT2D eigenvalue weighted by atomic mass is 32.2. The van der Waals surface area contributed by atoms with E-state index < -0.39 is 34.3 Å². The van der Waals surface area contributed by atoms with Gasteiger partial charge in [0.1, 0.15) is 6.54 Å². The van der Waals surface area contributed by atoms with Gasteiger partial charge in [-0.05, 0) is 73.1 Å². The highest BCUT2D eigenvalue weighted by molar-refractivity contribution is 8.00. The van der Waals surface area contributed by atoms with Gasteiger partial charge < -0.3 is 20.1 Å². The van der Waals surface area contributed by atoms with E-state index in [1.54, 1.807) is 23.9 Å². The molecule has 15 heteroatoms. The number of imide groups is 1. The number of carbonyl (C=O) groups is 3. The van der Waals surface area contributed by atoms with Crippen LogP contribution >= 0.6 is 23.1 Å². The molecule has 3 fully saturated rings. The van der Waals surface area contributed by atoms with Crippen LogP contribution in [0.2, 0.25) is 0 Å². The van der Waals surface area contributed by atoms with Gasteiger partial charge in [-0.2, -0.15) is 0 Å². The second-order valence-corrected chi connectivity index (χ2v) is 15.3. The van der Waals surface area contributed by atoms with Crippen molar-refractivity contribution >= 4 is 56.5 Å². The van der Waals surface area contributed by atoms with Gasteiger partial charge in [-0.15, -0.1) is 11.8 Å². The zero-order valence-corrected chi connectivity index (χ0v) is 25.7. The van der Waals surface area contributed by atoms with Gasteiger partial charge in [0.15, 0.2) is 11.5 Å². The Morgan fingerprint density at radius 3 is 2.50 bits per heavy atom. The Bertz CT molecular complexity index is 1870. The number of aromatic amines is 1. The first kappa shape index (κ1) is 29.1. The van der Waals surface area contributed by atoms with Crippen molar-refractivity contribution in [2.24, 2.45) is 34.7 Å². The molecular weight excluding hydrogens is 629 g/mol. The third-order valence-corrected chi connectivity index (χ3v) is 12.7. The van der Waals surface area contributed by atoms with Crippen molar-refractivity contribution in [3.63, 3.8) is 0 Å². The number of nitrogens with one attached hydrogen (secondary N) is 2. The van der Waals surface area contributed by atoms with Crippen molar-refractivity contribution in [1.29, 1.82) is 0 Å². The first-order chi connectivity index (χ1) is 21.0. The van der Waals surface area contributed by atoms with Gasteiger partial charge in [0.25, 0.3) is 0 Å². The number of phenols is 1. The molecule has 1 aromatic heterocycles. The Labute approximate surface area is 260 Å². The number of aromatic hydroxyl groups is 1. The van der Waals surface area contributed by atoms with Crippen molar-refractivity contribution < 1.29 is 32.6 Å². The molecular formula is C29H28N4O8S3. The summed E-state index contributed by atoms with van der Waals surface area (Å²) in [5.41, 5.74) is 1.16. The van der Waals surface area contributed by atoms with Crippen LogP contribution in [0.1, 0.15) is 29.7 Å². The highest BCUT2D eigenvalue weighted by Gasteiger charge is 2.69. The molecule has 2 aromatic carbocycles. The van der Waals surface area contributed by atoms with E-state index in [4.69, 9.17) is 9.88 Å². The van der Waals surface area contributed by atoms with E-state index >= 15 is 0 Å². The lowest BCUT2D eigenvalue weighted by Gasteiger charge is -2.43. The molecule has 12 nitrogen and oxygen atoms in total. The van der Waals surface area contributed by atoms with Gasteiger partial charge >= 0.3 is 4.87 Å². The van der Waals surface area contributed by atoms with Crippen molar-refractivity contribution in [3.8, 4) is 11.5 Å². The number of hydrogen-bond acceptors (Lipinski definition) is 10. The summed E-state index contributed by atoms with van der Waals surface area (Å²) in [6, 6.07) is 10.5. The number of anilines is 1. The molecule has 0 radical (unpaired) electrons. The number of fused-ring (bicyclic) bond motifs is 9. The standard InChI is InChI=1S/C29H28N4O8S3/c1-2-41-18-9-12(3-8-17(18)34)20-21-15-10-16(24(21)42-26-25(20)43-29(38)32-26)23-22(15)27(36)33(28(23)37)11-19(35)31-13-4-6-14(7-5-13)44(30,39)40/h3-9,15-16,20-24,34H,2,10-11H2,1H3,(H,31,35)(H,32,38)(H2,30,39,40). The smallest absolute Gasteiger partial charge is 0.305 e. The Morgan fingerprint density at radius 2 is 1.82 bits per heavy atom. The summed E-state index contributed by atoms with van der Waals surface area (Å²) in [6.45, 7) is 1.73. The molecule has 3 heterocycles. The maximum absolute atomic E-state index is 13.8. The van der Waals surface area contributed by atoms with Crippen molar-refractivity contribution in [2.75, 3.05) is 18.5 Å². The molecule has 2 aliphatic carbocycles. The molecule has 7 atom stereocenters. The summed E-state index contributed by atoms with van der Waals surface area (Å²) in [5, 5.41) is 18.8. The molecule has 44 heavy (non-hydrogen) atoms. The predicted molar refractivity (Wildman–Crippen MR) is 161 cm³/mol. The number of primary sulfonamides is 1. The molecule has 4 aliphatic rings. The topological polar surface area (TPSA) is 189 Å². The minimum Gasteiger partial charge on any atom is -0.504 e. The summed E-state index contributed by atoms with van der Waals surface area (Å²) >= 11 is 2.70. The number of likely N-dealkylation sites (tertiary alicyclic amines) is 1. The Morgan fingerprint density at radius 1 is 1.11 bits per heavy atom. The van der Waals surface area contributed by atoms with Gasteiger partial charge in [0.05, 0.1) is 28.4 Å². The third-order valence-electron chi connectivity index (χ3n) is 9.23. The van der Waals surface area contributed by atoms with Crippen LogP contribution < -0.4 is 20.1 Å². The van der Waals surface area contributed by atoms with E-state index in [2.05, 4.69) is 10.3 Å². The molecule has 2 saturated carbocycles. The van der Waals surface area contributed by atoms with Crippen molar-refractivity contribution in [1.82, 2.24) is 9.88 Å². The number of amides is 3. The maximum Gasteiger partial charge on any atom is 0.305 e. The Kier molecular flexibility index (Phi) is 6.91. The minimum absolute atomic E-state index is 0.0127. The van der Waals surface area contributed by atoms with Crippen LogP contribution in [-0.4, -0.2) is 59.5 Å². The van der Waals surface area contributed by atoms with Crippen LogP contribution in [0.4, 0.5) is 5.69 Å². The second kappa shape index (κ2) is 10.5. The Balaban J connectivity index is 1.16. The van der Waals surface area contributed by atoms with Crippen LogP contribution in [0.15, 0.2) is 57.2 Å². The van der Waals surface area contributed by atoms with Gasteiger partial charge in [-0.1, -0.05) is 17.4 Å². The number of thiazole rings is 1. The molecule has 230 valence electrons. The third kappa shape index (κ3) is 4.55. The highest BCUT2D eigenvalue weighted by Crippen LogP contribution is 2.68. The number of thioether (sulfide) groups is 1. The molecule has 7 unspecified atom stereocenters. The quantitative estimate of drug-likeness (QED) is 0.277. The zero-order chi connectivity index (χ0) is 31.1. The van der Waals surface area contributed by atoms with Crippen molar-refractivity contribution in [3.05, 3.63) is 62.6 Å². The second-order valence-electron chi connectivity index (χ2n) is 11.5. The fourth-order valence-corrected chi connectivity index (χ4v) is 11.1. The van der Waals surface area contributed by atoms with Crippen LogP contribution in [0, 0.1) is 29.6 Å². The average molecular weight is 657 g/mol. The molecule has 5 N–H and O–H groups in total. The van der Waals surface area contributed by atoms with E-state index in [1.165, 1.54) is 24.3 Å². The molecule has 0 spiro atoms. The summed E-state index contributed by atoms with van der Waals surface area (Å²) < 4.78 is 28.7. The Hall–Kier alpha value is -3.66. The van der Waals surface area contributed by atoms with Crippen LogP contribution in [0.3, 0.4) is 0 Å². The van der Waals surface area contributed by atoms with Gasteiger partial charge in [0, 0.05) is 21.7 Å². The fraction of sp³-hybridized carbons (Fsp3) is 0.379. The minimum atomic E-state index is -3.89. The molecule has 2 bridgehead atoms. The zero-order valence-electron chi connectivity index (χ0n) is 23.3. The predicted octanol–water partition coefficient (Wildman–Crippen LogP) is 2.30. The maximum atomic E-state index is 13.8. The number of nitrogens with two attached hydrogens (primary N) is 1. The van der Waals surface area contributed by atoms with E-state index in [-0.39, 0.29) is 56.3 Å². The van der Waals surface area contributed by atoms with E-state index in [0.29, 0.717) is 24.5 Å². The monoisotopic (exact) mass is 656 g/mol. The van der Waals surface area contributed by atoms with Gasteiger partial charge in [0.2, 0.25) is 27.7 Å². The number of hydrogen-bond donors (Lipinski definition) is 4. The summed E-state index contributed by atoms with van der Waals surface area (Å²) in [7, 11) is -3.89. The lowest BCUT2D eigenvalue weighted by molar-refractivity contribution is -0.143. The fourth-order valence-electron chi connectivity index (χ4n) is 7.67. The number of nitrogens with zero attached hydrogens (tertiary/aromatic N) is 1. The number of aromatic nitrogens is 1. The first-order valence-electron chi connectivity index (χ1n) is 14.1. The number of carbonyl (C=O) groups excluding carboxylic acids is 3. The number of benzene rings is 2. The van der Waals surface area contributed by atoms with Crippen LogP contribution in [0.5, 0.6) is 11.5 Å². The molecule has 1 saturated heterocycles. The normalized spacial score (nSPS) is 28.5. The van der Waals surface area contributed by atoms with Crippen LogP contribution in [-0.2, 0) is 24.4 Å². The molecule has 3 amide bonds.